The molecule has 36 heavy (non-hydrogen) atoms. The van der Waals surface area contributed by atoms with E-state index in [0.717, 1.165) is 40.7 Å². The summed E-state index contributed by atoms with van der Waals surface area (Å²) < 4.78 is 35.6. The van der Waals surface area contributed by atoms with Crippen LogP contribution in [0.15, 0.2) is 60.7 Å². The number of ether oxygens (including phenoxy) is 2. The van der Waals surface area contributed by atoms with E-state index < -0.39 is 27.5 Å². The van der Waals surface area contributed by atoms with Crippen molar-refractivity contribution in [3.63, 3.8) is 0 Å². The normalized spacial score (nSPS) is 14.9. The molecule has 7 nitrogen and oxygen atoms in total. The van der Waals surface area contributed by atoms with E-state index in [9.17, 15) is 18.3 Å². The maximum Gasteiger partial charge on any atom is 0.309 e. The lowest BCUT2D eigenvalue weighted by Crippen LogP contribution is -2.23. The summed E-state index contributed by atoms with van der Waals surface area (Å²) in [6.07, 6.45) is 1.58. The quantitative estimate of drug-likeness (QED) is 0.416. The average molecular weight is 510 g/mol. The fourth-order valence-corrected chi connectivity index (χ4v) is 5.26. The SMILES string of the molecule is COc1cccc2c1-c1ccc(CS(N)(=O)=O)cc1C(c1cccc(CCCC(C)(C)C(=O)O)c1)O2. The maximum atomic E-state index is 11.8. The van der Waals surface area contributed by atoms with Gasteiger partial charge in [-0.1, -0.05) is 48.5 Å². The van der Waals surface area contributed by atoms with Gasteiger partial charge in [0.05, 0.1) is 23.8 Å². The number of nitrogens with two attached hydrogens (primary N) is 1. The molecular formula is C28H31NO6S. The van der Waals surface area contributed by atoms with E-state index in [0.29, 0.717) is 23.5 Å². The van der Waals surface area contributed by atoms with Crippen LogP contribution in [0.3, 0.4) is 0 Å². The summed E-state index contributed by atoms with van der Waals surface area (Å²) in [6, 6.07) is 19.2. The Bertz CT molecular complexity index is 1400. The van der Waals surface area contributed by atoms with Crippen molar-refractivity contribution in [2.24, 2.45) is 10.6 Å². The second kappa shape index (κ2) is 9.95. The molecule has 3 aromatic rings. The maximum absolute atomic E-state index is 11.8. The monoisotopic (exact) mass is 509 g/mol. The fourth-order valence-electron chi connectivity index (χ4n) is 4.61. The Morgan fingerprint density at radius 1 is 1.08 bits per heavy atom. The van der Waals surface area contributed by atoms with Gasteiger partial charge in [-0.2, -0.15) is 0 Å². The summed E-state index contributed by atoms with van der Waals surface area (Å²) in [4.78, 5) is 11.4. The number of primary sulfonamides is 1. The number of carboxylic acid groups (broad SMARTS) is 1. The summed E-state index contributed by atoms with van der Waals surface area (Å²) in [5.74, 6) is 0.277. The van der Waals surface area contributed by atoms with Crippen LogP contribution in [0.1, 0.15) is 55.0 Å². The molecule has 0 bridgehead atoms. The lowest BCUT2D eigenvalue weighted by molar-refractivity contribution is -0.147. The first-order valence-corrected chi connectivity index (χ1v) is 13.5. The highest BCUT2D eigenvalue weighted by Crippen LogP contribution is 2.49. The van der Waals surface area contributed by atoms with Crippen molar-refractivity contribution in [2.75, 3.05) is 7.11 Å². The molecule has 3 N–H and O–H groups in total. The Morgan fingerprint density at radius 2 is 1.83 bits per heavy atom. The zero-order chi connectivity index (χ0) is 26.1. The molecule has 0 fully saturated rings. The molecule has 0 saturated heterocycles. The highest BCUT2D eigenvalue weighted by Gasteiger charge is 2.30. The summed E-state index contributed by atoms with van der Waals surface area (Å²) in [6.45, 7) is 3.48. The summed E-state index contributed by atoms with van der Waals surface area (Å²) in [7, 11) is -2.10. The number of hydrogen-bond donors (Lipinski definition) is 2. The van der Waals surface area contributed by atoms with Crippen molar-refractivity contribution in [3.05, 3.63) is 82.9 Å². The third kappa shape index (κ3) is 5.55. The van der Waals surface area contributed by atoms with Gasteiger partial charge < -0.3 is 14.6 Å². The highest BCUT2D eigenvalue weighted by atomic mass is 32.2. The Labute approximate surface area is 211 Å². The molecule has 1 atom stereocenters. The first-order chi connectivity index (χ1) is 17.0. The number of methoxy groups -OCH3 is 1. The Morgan fingerprint density at radius 3 is 2.53 bits per heavy atom. The molecule has 1 unspecified atom stereocenters. The number of carbonyl (C=O) groups is 1. The van der Waals surface area contributed by atoms with Crippen molar-refractivity contribution in [1.82, 2.24) is 0 Å². The van der Waals surface area contributed by atoms with Crippen LogP contribution >= 0.6 is 0 Å². The number of hydrogen-bond acceptors (Lipinski definition) is 5. The van der Waals surface area contributed by atoms with Crippen molar-refractivity contribution < 1.29 is 27.8 Å². The molecule has 0 amide bonds. The standard InChI is InChI=1S/C28H31NO6S/c1-28(2,27(30)31)14-6-8-18-7-4-9-20(15-18)26-22-16-19(17-36(29,32)33)12-13-21(22)25-23(34-3)10-5-11-24(25)35-26/h4-5,7,9-13,15-16,26H,6,8,14,17H2,1-3H3,(H,30,31)(H2,29,32,33). The van der Waals surface area contributed by atoms with Crippen molar-refractivity contribution in [1.29, 1.82) is 0 Å². The highest BCUT2D eigenvalue weighted by molar-refractivity contribution is 7.88. The summed E-state index contributed by atoms with van der Waals surface area (Å²) >= 11 is 0. The lowest BCUT2D eigenvalue weighted by atomic mass is 9.86. The smallest absolute Gasteiger partial charge is 0.309 e. The van der Waals surface area contributed by atoms with Crippen LogP contribution < -0.4 is 14.6 Å². The Balaban J connectivity index is 1.71. The number of sulfonamides is 1. The van der Waals surface area contributed by atoms with E-state index in [1.54, 1.807) is 27.0 Å². The van der Waals surface area contributed by atoms with E-state index in [1.165, 1.54) is 0 Å². The molecule has 1 heterocycles. The van der Waals surface area contributed by atoms with Gasteiger partial charge in [-0.15, -0.1) is 0 Å². The number of aliphatic carboxylic acids is 1. The Hall–Kier alpha value is -3.36. The van der Waals surface area contributed by atoms with Gasteiger partial charge in [0.2, 0.25) is 10.0 Å². The predicted molar refractivity (Wildman–Crippen MR) is 139 cm³/mol. The van der Waals surface area contributed by atoms with Crippen molar-refractivity contribution in [2.45, 2.75) is 45.0 Å². The minimum absolute atomic E-state index is 0.273. The molecule has 1 aliphatic rings. The minimum Gasteiger partial charge on any atom is -0.496 e. The van der Waals surface area contributed by atoms with E-state index >= 15 is 0 Å². The molecule has 0 radical (unpaired) electrons. The van der Waals surface area contributed by atoms with Gasteiger partial charge in [-0.3, -0.25) is 4.79 Å². The van der Waals surface area contributed by atoms with Crippen LogP contribution in [-0.4, -0.2) is 26.6 Å². The molecule has 4 rings (SSSR count). The molecule has 3 aromatic carbocycles. The largest absolute Gasteiger partial charge is 0.496 e. The summed E-state index contributed by atoms with van der Waals surface area (Å²) in [5, 5.41) is 14.7. The predicted octanol–water partition coefficient (Wildman–Crippen LogP) is 5.07. The van der Waals surface area contributed by atoms with Crippen molar-refractivity contribution in [3.8, 4) is 22.6 Å². The molecule has 0 aliphatic carbocycles. The van der Waals surface area contributed by atoms with Gasteiger partial charge in [0.25, 0.3) is 0 Å². The van der Waals surface area contributed by atoms with Gasteiger partial charge in [0.15, 0.2) is 0 Å². The first kappa shape index (κ1) is 25.7. The van der Waals surface area contributed by atoms with Crippen LogP contribution in [0.2, 0.25) is 0 Å². The topological polar surface area (TPSA) is 116 Å². The number of rotatable bonds is 9. The Kier molecular flexibility index (Phi) is 7.11. The molecule has 1 aliphatic heterocycles. The fraction of sp³-hybridized carbons (Fsp3) is 0.321. The van der Waals surface area contributed by atoms with E-state index in [4.69, 9.17) is 14.6 Å². The third-order valence-corrected chi connectivity index (χ3v) is 7.32. The minimum atomic E-state index is -3.70. The molecule has 0 spiro atoms. The molecule has 8 heteroatoms. The zero-order valence-corrected chi connectivity index (χ0v) is 21.5. The van der Waals surface area contributed by atoms with Crippen LogP contribution in [0.4, 0.5) is 0 Å². The van der Waals surface area contributed by atoms with Gasteiger partial charge in [0, 0.05) is 5.56 Å². The van der Waals surface area contributed by atoms with Crippen LogP contribution in [0, 0.1) is 5.41 Å². The number of aryl methyl sites for hydroxylation is 1. The number of benzene rings is 3. The van der Waals surface area contributed by atoms with Crippen LogP contribution in [-0.2, 0) is 27.0 Å². The van der Waals surface area contributed by atoms with Gasteiger partial charge in [-0.05, 0) is 67.5 Å². The van der Waals surface area contributed by atoms with Crippen LogP contribution in [0.5, 0.6) is 11.5 Å². The second-order valence-electron chi connectivity index (χ2n) is 9.85. The lowest BCUT2D eigenvalue weighted by Gasteiger charge is -2.31. The summed E-state index contributed by atoms with van der Waals surface area (Å²) in [5.41, 5.74) is 4.37. The number of fused-ring (bicyclic) bond motifs is 3. The second-order valence-corrected chi connectivity index (χ2v) is 11.5. The first-order valence-electron chi connectivity index (χ1n) is 11.8. The molecule has 0 saturated carbocycles. The van der Waals surface area contributed by atoms with Crippen molar-refractivity contribution >= 4 is 16.0 Å². The molecular weight excluding hydrogens is 478 g/mol. The third-order valence-electron chi connectivity index (χ3n) is 6.59. The molecule has 190 valence electrons. The van der Waals surface area contributed by atoms with E-state index in [1.807, 2.05) is 48.5 Å². The van der Waals surface area contributed by atoms with Gasteiger partial charge in [0.1, 0.15) is 17.6 Å². The average Bonchev–Trinajstić information content (AvgIpc) is 2.82. The molecule has 0 aromatic heterocycles. The number of carboxylic acids is 1. The van der Waals surface area contributed by atoms with Crippen LogP contribution in [0.25, 0.3) is 11.1 Å². The van der Waals surface area contributed by atoms with E-state index in [2.05, 4.69) is 6.07 Å². The van der Waals surface area contributed by atoms with Gasteiger partial charge >= 0.3 is 5.97 Å². The van der Waals surface area contributed by atoms with Gasteiger partial charge in [-0.25, -0.2) is 13.6 Å². The van der Waals surface area contributed by atoms with E-state index in [-0.39, 0.29) is 5.75 Å². The zero-order valence-electron chi connectivity index (χ0n) is 20.7.